The number of anilines is 2. The molecule has 0 N–H and O–H groups in total. The number of fused-ring (bicyclic) bond motifs is 1. The van der Waals surface area contributed by atoms with Gasteiger partial charge in [-0.25, -0.2) is 0 Å². The molecule has 1 aromatic heterocycles. The number of hydrogen-bond donors (Lipinski definition) is 0. The quantitative estimate of drug-likeness (QED) is 0.186. The Balaban J connectivity index is 1.34. The molecule has 0 spiro atoms. The monoisotopic (exact) mass is 542 g/mol. The van der Waals surface area contributed by atoms with Crippen LogP contribution in [0.5, 0.6) is 5.75 Å². The van der Waals surface area contributed by atoms with Crippen LogP contribution < -0.4 is 9.64 Å². The van der Waals surface area contributed by atoms with Gasteiger partial charge in [0.1, 0.15) is 5.75 Å². The largest absolute Gasteiger partial charge is 0.497 e. The van der Waals surface area contributed by atoms with E-state index in [-0.39, 0.29) is 11.7 Å². The molecule has 5 aromatic carbocycles. The Bertz CT molecular complexity index is 1750. The molecule has 0 aliphatic heterocycles. The van der Waals surface area contributed by atoms with Crippen LogP contribution in [0.4, 0.5) is 11.4 Å². The van der Waals surface area contributed by atoms with E-state index in [2.05, 4.69) is 28.4 Å². The fraction of sp³-hybridized carbons (Fsp3) is 0.0606. The number of methoxy groups -OCH3 is 1. The first-order chi connectivity index (χ1) is 19.7. The average molecular weight is 543 g/mol. The van der Waals surface area contributed by atoms with E-state index in [1.54, 1.807) is 12.0 Å². The summed E-state index contributed by atoms with van der Waals surface area (Å²) in [7, 11) is 1.64. The highest BCUT2D eigenvalue weighted by Gasteiger charge is 2.22. The molecule has 0 aliphatic rings. The number of para-hydroxylation sites is 2. The Morgan fingerprint density at radius 2 is 1.43 bits per heavy atom. The highest BCUT2D eigenvalue weighted by Crippen LogP contribution is 2.32. The summed E-state index contributed by atoms with van der Waals surface area (Å²) in [5, 5.41) is 11.9. The van der Waals surface area contributed by atoms with Crippen LogP contribution in [0, 0.1) is 0 Å². The van der Waals surface area contributed by atoms with E-state index in [9.17, 15) is 4.79 Å². The third-order valence-corrected chi connectivity index (χ3v) is 7.49. The van der Waals surface area contributed by atoms with Crippen molar-refractivity contribution in [3.63, 3.8) is 0 Å². The molecule has 6 rings (SSSR count). The maximum Gasteiger partial charge on any atom is 0.242 e. The molecular formula is C33H26N4O2S. The highest BCUT2D eigenvalue weighted by atomic mass is 32.2. The number of carbonyl (C=O) groups is 1. The van der Waals surface area contributed by atoms with Gasteiger partial charge in [-0.2, -0.15) is 0 Å². The van der Waals surface area contributed by atoms with Gasteiger partial charge in [0.05, 0.1) is 12.9 Å². The number of thioether (sulfide) groups is 1. The molecule has 0 radical (unpaired) electrons. The lowest BCUT2D eigenvalue weighted by Gasteiger charge is -2.23. The van der Waals surface area contributed by atoms with Crippen molar-refractivity contribution in [2.75, 3.05) is 17.8 Å². The molecular weight excluding hydrogens is 516 g/mol. The zero-order chi connectivity index (χ0) is 27.3. The predicted octanol–water partition coefficient (Wildman–Crippen LogP) is 7.55. The molecule has 0 fully saturated rings. The standard InChI is InChI=1S/C33H26N4O2S/c1-39-30-20-17-25(18-21-30)32-34-35-33(37(32)28-14-6-3-7-15-28)40-23-31(38)36(27-12-4-2-5-13-27)29-19-16-24-10-8-9-11-26(24)22-29/h2-22H,23H2,1H3. The van der Waals surface area contributed by atoms with Crippen molar-refractivity contribution in [1.29, 1.82) is 0 Å². The van der Waals surface area contributed by atoms with Gasteiger partial charge in [-0.1, -0.05) is 78.5 Å². The molecule has 0 unspecified atom stereocenters. The first kappa shape index (κ1) is 25.4. The molecule has 0 bridgehead atoms. The summed E-state index contributed by atoms with van der Waals surface area (Å²) in [4.78, 5) is 15.7. The second-order valence-electron chi connectivity index (χ2n) is 9.09. The van der Waals surface area contributed by atoms with Gasteiger partial charge in [0.2, 0.25) is 5.91 Å². The molecule has 40 heavy (non-hydrogen) atoms. The fourth-order valence-corrected chi connectivity index (χ4v) is 5.42. The molecule has 1 heterocycles. The number of carbonyl (C=O) groups excluding carboxylic acids is 1. The maximum atomic E-state index is 13.9. The lowest BCUT2D eigenvalue weighted by atomic mass is 10.1. The number of ether oxygens (including phenoxy) is 1. The second-order valence-corrected chi connectivity index (χ2v) is 10.0. The van der Waals surface area contributed by atoms with Crippen molar-refractivity contribution in [3.8, 4) is 22.8 Å². The van der Waals surface area contributed by atoms with Crippen LogP contribution in [-0.2, 0) is 4.79 Å². The summed E-state index contributed by atoms with van der Waals surface area (Å²) in [6.07, 6.45) is 0. The van der Waals surface area contributed by atoms with Crippen LogP contribution in [0.3, 0.4) is 0 Å². The molecule has 0 saturated heterocycles. The first-order valence-corrected chi connectivity index (χ1v) is 13.8. The van der Waals surface area contributed by atoms with Gasteiger partial charge in [0.15, 0.2) is 11.0 Å². The Morgan fingerprint density at radius 1 is 0.750 bits per heavy atom. The van der Waals surface area contributed by atoms with Crippen molar-refractivity contribution in [2.45, 2.75) is 5.16 Å². The minimum atomic E-state index is -0.0555. The number of rotatable bonds is 8. The molecule has 0 saturated carbocycles. The van der Waals surface area contributed by atoms with E-state index in [1.807, 2.05) is 114 Å². The van der Waals surface area contributed by atoms with Crippen molar-refractivity contribution in [1.82, 2.24) is 14.8 Å². The first-order valence-electron chi connectivity index (χ1n) is 12.9. The van der Waals surface area contributed by atoms with Crippen LogP contribution in [-0.4, -0.2) is 33.5 Å². The van der Waals surface area contributed by atoms with E-state index in [1.165, 1.54) is 11.8 Å². The fourth-order valence-electron chi connectivity index (χ4n) is 4.62. The van der Waals surface area contributed by atoms with E-state index < -0.39 is 0 Å². The zero-order valence-corrected chi connectivity index (χ0v) is 22.7. The lowest BCUT2D eigenvalue weighted by Crippen LogP contribution is -2.27. The van der Waals surface area contributed by atoms with Gasteiger partial charge in [-0.05, 0) is 71.4 Å². The van der Waals surface area contributed by atoms with E-state index in [0.717, 1.165) is 39.1 Å². The van der Waals surface area contributed by atoms with Gasteiger partial charge in [0, 0.05) is 22.6 Å². The van der Waals surface area contributed by atoms with Crippen LogP contribution in [0.1, 0.15) is 0 Å². The number of amides is 1. The number of aromatic nitrogens is 3. The van der Waals surface area contributed by atoms with Crippen molar-refractivity contribution < 1.29 is 9.53 Å². The summed E-state index contributed by atoms with van der Waals surface area (Å²) in [6.45, 7) is 0. The van der Waals surface area contributed by atoms with Crippen molar-refractivity contribution in [3.05, 3.63) is 127 Å². The third kappa shape index (κ3) is 5.19. The van der Waals surface area contributed by atoms with Gasteiger partial charge in [0.25, 0.3) is 0 Å². The summed E-state index contributed by atoms with van der Waals surface area (Å²) in [5.74, 6) is 1.58. The molecule has 196 valence electrons. The molecule has 7 heteroatoms. The Morgan fingerprint density at radius 3 is 2.15 bits per heavy atom. The number of benzene rings is 5. The Kier molecular flexibility index (Phi) is 7.28. The predicted molar refractivity (Wildman–Crippen MR) is 162 cm³/mol. The third-order valence-electron chi connectivity index (χ3n) is 6.58. The summed E-state index contributed by atoms with van der Waals surface area (Å²) in [6, 6.07) is 41.6. The number of hydrogen-bond acceptors (Lipinski definition) is 5. The lowest BCUT2D eigenvalue weighted by molar-refractivity contribution is -0.115. The number of nitrogens with zero attached hydrogens (tertiary/aromatic N) is 4. The summed E-state index contributed by atoms with van der Waals surface area (Å²) < 4.78 is 7.31. The van der Waals surface area contributed by atoms with Gasteiger partial charge in [-0.15, -0.1) is 10.2 Å². The maximum absolute atomic E-state index is 13.9. The van der Waals surface area contributed by atoms with Crippen LogP contribution in [0.15, 0.2) is 133 Å². The van der Waals surface area contributed by atoms with Crippen LogP contribution in [0.25, 0.3) is 27.8 Å². The molecule has 6 nitrogen and oxygen atoms in total. The SMILES string of the molecule is COc1ccc(-c2nnc(SCC(=O)N(c3ccccc3)c3ccc4ccccc4c3)n2-c2ccccc2)cc1. The van der Waals surface area contributed by atoms with Crippen LogP contribution >= 0.6 is 11.8 Å². The van der Waals surface area contributed by atoms with Gasteiger partial charge >= 0.3 is 0 Å². The minimum absolute atomic E-state index is 0.0555. The Labute approximate surface area is 236 Å². The van der Waals surface area contributed by atoms with Crippen molar-refractivity contribution >= 4 is 39.8 Å². The van der Waals surface area contributed by atoms with Crippen molar-refractivity contribution in [2.24, 2.45) is 0 Å². The second kappa shape index (κ2) is 11.5. The van der Waals surface area contributed by atoms with Crippen LogP contribution in [0.2, 0.25) is 0 Å². The molecule has 6 aromatic rings. The van der Waals surface area contributed by atoms with E-state index in [0.29, 0.717) is 11.0 Å². The topological polar surface area (TPSA) is 60.3 Å². The van der Waals surface area contributed by atoms with Gasteiger partial charge < -0.3 is 4.74 Å². The zero-order valence-electron chi connectivity index (χ0n) is 21.8. The Hall–Kier alpha value is -4.88. The molecule has 0 atom stereocenters. The molecule has 0 aliphatic carbocycles. The van der Waals surface area contributed by atoms with Gasteiger partial charge in [-0.3, -0.25) is 14.3 Å². The molecule has 1 amide bonds. The normalized spacial score (nSPS) is 10.9. The smallest absolute Gasteiger partial charge is 0.242 e. The minimum Gasteiger partial charge on any atom is -0.497 e. The summed E-state index contributed by atoms with van der Waals surface area (Å²) in [5.41, 5.74) is 3.45. The van der Waals surface area contributed by atoms with E-state index >= 15 is 0 Å². The average Bonchev–Trinajstić information content (AvgIpc) is 3.45. The summed E-state index contributed by atoms with van der Waals surface area (Å²) >= 11 is 1.37. The van der Waals surface area contributed by atoms with E-state index in [4.69, 9.17) is 4.74 Å². The highest BCUT2D eigenvalue weighted by molar-refractivity contribution is 7.99.